The van der Waals surface area contributed by atoms with Crippen molar-refractivity contribution < 1.29 is 28.2 Å². The first-order valence-electron chi connectivity index (χ1n) is 12.9. The predicted molar refractivity (Wildman–Crippen MR) is 149 cm³/mol. The van der Waals surface area contributed by atoms with E-state index in [0.717, 1.165) is 12.5 Å². The number of hydrogen-bond donors (Lipinski definition) is 1. The maximum absolute atomic E-state index is 14.9. The SMILES string of the molecule is O=C(O)c1cc(F)c2nc(CN3CC=C(c4nc(COc5ccc(Cl)cc5Cl)ccc4F)C3)n(C[C@@H]3CCO3)c2c1. The van der Waals surface area contributed by atoms with Crippen LogP contribution < -0.4 is 4.74 Å². The highest BCUT2D eigenvalue weighted by atomic mass is 35.5. The van der Waals surface area contributed by atoms with Crippen molar-refractivity contribution in [2.45, 2.75) is 32.2 Å². The molecule has 1 atom stereocenters. The number of carboxylic acid groups (broad SMARTS) is 1. The van der Waals surface area contributed by atoms with Crippen molar-refractivity contribution in [2.75, 3.05) is 19.7 Å². The van der Waals surface area contributed by atoms with Crippen LogP contribution in [-0.4, -0.2) is 56.3 Å². The summed E-state index contributed by atoms with van der Waals surface area (Å²) in [7, 11) is 0. The minimum absolute atomic E-state index is 0.0547. The Morgan fingerprint density at radius 3 is 2.68 bits per heavy atom. The summed E-state index contributed by atoms with van der Waals surface area (Å²) in [5.74, 6) is -1.35. The molecule has 212 valence electrons. The van der Waals surface area contributed by atoms with E-state index in [1.54, 1.807) is 24.3 Å². The van der Waals surface area contributed by atoms with E-state index < -0.39 is 17.6 Å². The van der Waals surface area contributed by atoms with Gasteiger partial charge in [0.1, 0.15) is 35.2 Å². The highest BCUT2D eigenvalue weighted by molar-refractivity contribution is 6.35. The average molecular weight is 601 g/mol. The molecular formula is C29H24Cl2F2N4O4. The zero-order valence-electron chi connectivity index (χ0n) is 21.6. The summed E-state index contributed by atoms with van der Waals surface area (Å²) in [5.41, 5.74) is 1.83. The van der Waals surface area contributed by atoms with E-state index >= 15 is 0 Å². The second-order valence-electron chi connectivity index (χ2n) is 9.95. The van der Waals surface area contributed by atoms with E-state index in [0.29, 0.717) is 71.2 Å². The Morgan fingerprint density at radius 1 is 1.12 bits per heavy atom. The third kappa shape index (κ3) is 5.78. The van der Waals surface area contributed by atoms with Crippen LogP contribution >= 0.6 is 23.2 Å². The maximum atomic E-state index is 14.9. The van der Waals surface area contributed by atoms with Gasteiger partial charge in [-0.25, -0.2) is 23.5 Å². The van der Waals surface area contributed by atoms with Gasteiger partial charge in [0.05, 0.1) is 41.0 Å². The van der Waals surface area contributed by atoms with Gasteiger partial charge < -0.3 is 19.1 Å². The minimum Gasteiger partial charge on any atom is -0.486 e. The number of hydrogen-bond acceptors (Lipinski definition) is 6. The largest absolute Gasteiger partial charge is 0.486 e. The molecule has 0 radical (unpaired) electrons. The van der Waals surface area contributed by atoms with Crippen LogP contribution in [0.4, 0.5) is 8.78 Å². The van der Waals surface area contributed by atoms with Crippen LogP contribution in [0.3, 0.4) is 0 Å². The summed E-state index contributed by atoms with van der Waals surface area (Å²) in [5, 5.41) is 10.3. The van der Waals surface area contributed by atoms with E-state index in [4.69, 9.17) is 32.7 Å². The molecule has 6 rings (SSSR count). The number of carbonyl (C=O) groups is 1. The summed E-state index contributed by atoms with van der Waals surface area (Å²) < 4.78 is 42.9. The second-order valence-corrected chi connectivity index (χ2v) is 10.8. The highest BCUT2D eigenvalue weighted by Crippen LogP contribution is 2.30. The molecule has 12 heteroatoms. The number of halogens is 4. The summed E-state index contributed by atoms with van der Waals surface area (Å²) in [6.45, 7) is 2.40. The number of rotatable bonds is 9. The van der Waals surface area contributed by atoms with Crippen LogP contribution in [0, 0.1) is 11.6 Å². The molecule has 0 bridgehead atoms. The van der Waals surface area contributed by atoms with Crippen LogP contribution in [0.2, 0.25) is 10.0 Å². The standard InChI is InChI=1S/C29H24Cl2F2N4O4/c30-18-1-4-25(21(31)11-18)41-15-19-2-3-22(32)27(34-19)16-5-7-36(12-16)14-26-35-28-23(33)9-17(29(38)39)10-24(28)37(26)13-20-6-8-40-20/h1-5,9-11,20H,6-8,12-15H2,(H,38,39)/t20-/m0/s1. The zero-order chi connectivity index (χ0) is 28.7. The lowest BCUT2D eigenvalue weighted by Crippen LogP contribution is -2.32. The van der Waals surface area contributed by atoms with Crippen molar-refractivity contribution in [3.05, 3.63) is 93.0 Å². The Bertz CT molecular complexity index is 1690. The molecular weight excluding hydrogens is 577 g/mol. The summed E-state index contributed by atoms with van der Waals surface area (Å²) in [6.07, 6.45) is 2.70. The maximum Gasteiger partial charge on any atom is 0.335 e. The molecule has 2 aliphatic rings. The molecule has 8 nitrogen and oxygen atoms in total. The number of imidazole rings is 1. The fourth-order valence-corrected chi connectivity index (χ4v) is 5.41. The minimum atomic E-state index is -1.22. The number of aromatic nitrogens is 3. The van der Waals surface area contributed by atoms with E-state index in [2.05, 4.69) is 9.97 Å². The predicted octanol–water partition coefficient (Wildman–Crippen LogP) is 5.98. The third-order valence-corrected chi connectivity index (χ3v) is 7.68. The number of carboxylic acids is 1. The van der Waals surface area contributed by atoms with Gasteiger partial charge in [-0.1, -0.05) is 29.3 Å². The van der Waals surface area contributed by atoms with E-state index in [9.17, 15) is 18.7 Å². The number of aromatic carboxylic acids is 1. The Hall–Kier alpha value is -3.57. The van der Waals surface area contributed by atoms with Crippen LogP contribution in [0.1, 0.15) is 34.0 Å². The van der Waals surface area contributed by atoms with Crippen molar-refractivity contribution in [2.24, 2.45) is 0 Å². The molecule has 0 spiro atoms. The van der Waals surface area contributed by atoms with Gasteiger partial charge in [-0.05, 0) is 54.5 Å². The smallest absolute Gasteiger partial charge is 0.335 e. The van der Waals surface area contributed by atoms with E-state index in [1.165, 1.54) is 12.1 Å². The average Bonchev–Trinajstić information content (AvgIpc) is 3.51. The van der Waals surface area contributed by atoms with Gasteiger partial charge in [0.2, 0.25) is 0 Å². The normalized spacial score (nSPS) is 17.1. The first-order chi connectivity index (χ1) is 19.7. The summed E-state index contributed by atoms with van der Waals surface area (Å²) >= 11 is 12.1. The Balaban J connectivity index is 1.20. The molecule has 4 aromatic rings. The van der Waals surface area contributed by atoms with Gasteiger partial charge in [0.25, 0.3) is 0 Å². The van der Waals surface area contributed by atoms with Crippen LogP contribution in [0.25, 0.3) is 16.6 Å². The number of pyridine rings is 1. The molecule has 41 heavy (non-hydrogen) atoms. The highest BCUT2D eigenvalue weighted by Gasteiger charge is 2.26. The molecule has 0 saturated carbocycles. The van der Waals surface area contributed by atoms with Gasteiger partial charge >= 0.3 is 5.97 Å². The lowest BCUT2D eigenvalue weighted by molar-refractivity contribution is -0.0591. The second kappa shape index (κ2) is 11.4. The number of ether oxygens (including phenoxy) is 2. The Kier molecular flexibility index (Phi) is 7.65. The van der Waals surface area contributed by atoms with Crippen molar-refractivity contribution in [3.8, 4) is 5.75 Å². The van der Waals surface area contributed by atoms with Crippen LogP contribution in [0.15, 0.2) is 48.5 Å². The van der Waals surface area contributed by atoms with Gasteiger partial charge in [-0.2, -0.15) is 0 Å². The molecule has 2 aliphatic heterocycles. The Labute approximate surface area is 243 Å². The Morgan fingerprint density at radius 2 is 1.95 bits per heavy atom. The van der Waals surface area contributed by atoms with Crippen molar-refractivity contribution in [3.63, 3.8) is 0 Å². The molecule has 2 aromatic carbocycles. The lowest BCUT2D eigenvalue weighted by Gasteiger charge is -2.28. The molecule has 0 amide bonds. The summed E-state index contributed by atoms with van der Waals surface area (Å²) in [4.78, 5) is 22.6. The topological polar surface area (TPSA) is 89.7 Å². The molecule has 1 N–H and O–H groups in total. The van der Waals surface area contributed by atoms with Crippen molar-refractivity contribution in [1.29, 1.82) is 0 Å². The van der Waals surface area contributed by atoms with E-state index in [-0.39, 0.29) is 29.5 Å². The molecule has 0 unspecified atom stereocenters. The van der Waals surface area contributed by atoms with Crippen LogP contribution in [0.5, 0.6) is 5.75 Å². The number of benzene rings is 2. The first-order valence-corrected chi connectivity index (χ1v) is 13.7. The number of fused-ring (bicyclic) bond motifs is 1. The fourth-order valence-electron chi connectivity index (χ4n) is 4.94. The van der Waals surface area contributed by atoms with Gasteiger partial charge in [-0.15, -0.1) is 0 Å². The monoisotopic (exact) mass is 600 g/mol. The molecule has 2 aromatic heterocycles. The van der Waals surface area contributed by atoms with Crippen molar-refractivity contribution in [1.82, 2.24) is 19.4 Å². The lowest BCUT2D eigenvalue weighted by atomic mass is 10.1. The molecule has 4 heterocycles. The van der Waals surface area contributed by atoms with Gasteiger partial charge in [0.15, 0.2) is 5.82 Å². The van der Waals surface area contributed by atoms with Crippen LogP contribution in [-0.2, 0) is 24.4 Å². The van der Waals surface area contributed by atoms with E-state index in [1.807, 2.05) is 15.5 Å². The summed E-state index contributed by atoms with van der Waals surface area (Å²) in [6, 6.07) is 10.2. The molecule has 0 aliphatic carbocycles. The molecule has 1 saturated heterocycles. The van der Waals surface area contributed by atoms with Crippen molar-refractivity contribution >= 4 is 45.8 Å². The van der Waals surface area contributed by atoms with Gasteiger partial charge in [0, 0.05) is 24.7 Å². The molecule has 1 fully saturated rings. The van der Waals surface area contributed by atoms with Gasteiger partial charge in [-0.3, -0.25) is 4.90 Å². The first kappa shape index (κ1) is 27.6. The fraction of sp³-hybridized carbons (Fsp3) is 0.276. The number of nitrogens with zero attached hydrogens (tertiary/aromatic N) is 4. The third-order valence-electron chi connectivity index (χ3n) is 7.15. The quantitative estimate of drug-likeness (QED) is 0.253. The zero-order valence-corrected chi connectivity index (χ0v) is 23.1.